The summed E-state index contributed by atoms with van der Waals surface area (Å²) in [5, 5.41) is 12.6. The second-order valence-corrected chi connectivity index (χ2v) is 20.1. The van der Waals surface area contributed by atoms with E-state index in [1.54, 1.807) is 0 Å². The Balaban J connectivity index is 1.31. The lowest BCUT2D eigenvalue weighted by molar-refractivity contribution is 0.466. The van der Waals surface area contributed by atoms with Gasteiger partial charge in [-0.3, -0.25) is 9.55 Å². The minimum atomic E-state index is -0.174. The highest BCUT2D eigenvalue weighted by Crippen LogP contribution is 2.47. The van der Waals surface area contributed by atoms with Crippen molar-refractivity contribution in [2.75, 3.05) is 0 Å². The Morgan fingerprint density at radius 3 is 1.72 bits per heavy atom. The molecule has 8 aromatic carbocycles. The highest BCUT2D eigenvalue weighted by atomic mass is 16.3. The molecule has 4 heteroatoms. The molecule has 0 radical (unpaired) electrons. The second kappa shape index (κ2) is 18.3. The molecule has 0 aliphatic rings. The second-order valence-electron chi connectivity index (χ2n) is 20.1. The highest BCUT2D eigenvalue weighted by Gasteiger charge is 2.28. The molecule has 2 aromatic heterocycles. The molecule has 0 atom stereocenters. The van der Waals surface area contributed by atoms with Crippen molar-refractivity contribution in [2.45, 2.75) is 72.6 Å². The smallest absolute Gasteiger partial charge is 0.149 e. The van der Waals surface area contributed by atoms with Crippen molar-refractivity contribution < 1.29 is 5.11 Å². The maximum Gasteiger partial charge on any atom is 0.149 e. The summed E-state index contributed by atoms with van der Waals surface area (Å²) in [6, 6.07) is 67.4. The lowest BCUT2D eigenvalue weighted by atomic mass is 9.79. The highest BCUT2D eigenvalue weighted by molar-refractivity contribution is 5.99. The fourth-order valence-corrected chi connectivity index (χ4v) is 9.72. The molecule has 0 aliphatic carbocycles. The number of imidazole rings is 1. The third kappa shape index (κ3) is 8.80. The number of aromatic hydroxyl groups is 1. The van der Waals surface area contributed by atoms with Gasteiger partial charge in [0.1, 0.15) is 11.6 Å². The predicted molar refractivity (Wildman–Crippen MR) is 290 cm³/mol. The van der Waals surface area contributed by atoms with E-state index in [-0.39, 0.29) is 23.0 Å². The van der Waals surface area contributed by atoms with Crippen molar-refractivity contribution in [3.05, 3.63) is 217 Å². The van der Waals surface area contributed by atoms with Gasteiger partial charge in [0, 0.05) is 22.9 Å². The Morgan fingerprint density at radius 1 is 0.478 bits per heavy atom. The van der Waals surface area contributed by atoms with Crippen molar-refractivity contribution in [2.24, 2.45) is 0 Å². The number of aryl methyl sites for hydroxylation is 1. The fraction of sp³-hybridized carbons (Fsp3) is 0.169. The number of nitrogens with zero attached hydrogens (tertiary/aromatic N) is 3. The van der Waals surface area contributed by atoms with E-state index >= 15 is 0 Å². The summed E-state index contributed by atoms with van der Waals surface area (Å²) >= 11 is 0. The molecule has 340 valence electrons. The largest absolute Gasteiger partial charge is 0.507 e. The van der Waals surface area contributed by atoms with Crippen LogP contribution in [-0.2, 0) is 5.41 Å². The zero-order valence-corrected chi connectivity index (χ0v) is 40.9. The number of rotatable bonds is 10. The molecule has 0 amide bonds. The van der Waals surface area contributed by atoms with Crippen LogP contribution in [0.25, 0.3) is 95.0 Å². The number of hydrogen-bond donors (Lipinski definition) is 1. The van der Waals surface area contributed by atoms with Gasteiger partial charge in [-0.1, -0.05) is 187 Å². The van der Waals surface area contributed by atoms with Crippen LogP contribution in [0.1, 0.15) is 82.6 Å². The van der Waals surface area contributed by atoms with Gasteiger partial charge in [-0.2, -0.15) is 0 Å². The van der Waals surface area contributed by atoms with Gasteiger partial charge in [0.2, 0.25) is 0 Å². The summed E-state index contributed by atoms with van der Waals surface area (Å²) in [7, 11) is 0. The SMILES string of the molecule is Cc1ccc(-c2ccnc(-c3cc(-c4ccccc4)cc(-c4cccc5c4nc(-c4cc(C(C)C)cc(C(C)C)c4O)n5-c4cc(-c5ccccc5)c(C(C)(C)C)cc4-c4ccccc4)c3)c2)cc1. The van der Waals surface area contributed by atoms with Crippen LogP contribution in [0.5, 0.6) is 5.75 Å². The summed E-state index contributed by atoms with van der Waals surface area (Å²) in [6.45, 7) is 17.7. The Morgan fingerprint density at radius 2 is 1.09 bits per heavy atom. The number of hydrogen-bond acceptors (Lipinski definition) is 3. The van der Waals surface area contributed by atoms with Crippen LogP contribution in [-0.4, -0.2) is 19.6 Å². The average molecular weight is 898 g/mol. The molecular weight excluding hydrogens is 839 g/mol. The first-order valence-corrected chi connectivity index (χ1v) is 24.2. The summed E-state index contributed by atoms with van der Waals surface area (Å²) < 4.78 is 2.32. The monoisotopic (exact) mass is 897 g/mol. The summed E-state index contributed by atoms with van der Waals surface area (Å²) in [6.07, 6.45) is 1.91. The summed E-state index contributed by atoms with van der Waals surface area (Å²) in [5.41, 5.74) is 20.7. The average Bonchev–Trinajstić information content (AvgIpc) is 3.76. The number of para-hydroxylation sites is 1. The quantitative estimate of drug-likeness (QED) is 0.149. The number of phenolic OH excluding ortho intramolecular Hbond substituents is 1. The van der Waals surface area contributed by atoms with Crippen molar-refractivity contribution in [3.8, 4) is 89.7 Å². The molecule has 0 saturated carbocycles. The maximum atomic E-state index is 12.6. The molecule has 4 nitrogen and oxygen atoms in total. The van der Waals surface area contributed by atoms with Gasteiger partial charge in [0.05, 0.1) is 28.0 Å². The standard InChI is InChI=1S/C65H59N3O/c1-41(2)49-36-54(42(3)4)63(69)57(37-49)64-67-62-53(51-33-50(44-19-12-9-13-20-44)34-52(35-51)59-38-48(31-32-66-59)45-29-27-43(5)28-30-45)25-18-26-60(62)68(64)61-40-55(46-21-14-10-15-22-46)58(65(6,7)8)39-56(61)47-23-16-11-17-24-47/h9-42,69H,1-8H3. The maximum absolute atomic E-state index is 12.6. The lowest BCUT2D eigenvalue weighted by Gasteiger charge is -2.27. The van der Waals surface area contributed by atoms with Crippen LogP contribution >= 0.6 is 0 Å². The minimum absolute atomic E-state index is 0.0868. The van der Waals surface area contributed by atoms with Crippen molar-refractivity contribution in [1.29, 1.82) is 0 Å². The van der Waals surface area contributed by atoms with Crippen LogP contribution in [0, 0.1) is 6.92 Å². The van der Waals surface area contributed by atoms with E-state index < -0.39 is 0 Å². The van der Waals surface area contributed by atoms with Gasteiger partial charge in [0.25, 0.3) is 0 Å². The van der Waals surface area contributed by atoms with Gasteiger partial charge in [-0.25, -0.2) is 4.98 Å². The van der Waals surface area contributed by atoms with Crippen LogP contribution < -0.4 is 0 Å². The molecule has 10 rings (SSSR count). The third-order valence-electron chi connectivity index (χ3n) is 13.5. The molecule has 0 unspecified atom stereocenters. The van der Waals surface area contributed by atoms with E-state index in [2.05, 4.69) is 248 Å². The van der Waals surface area contributed by atoms with Crippen LogP contribution in [0.3, 0.4) is 0 Å². The van der Waals surface area contributed by atoms with E-state index in [0.29, 0.717) is 11.4 Å². The zero-order chi connectivity index (χ0) is 48.0. The summed E-state index contributed by atoms with van der Waals surface area (Å²) in [5.74, 6) is 1.26. The molecular formula is C65H59N3O. The summed E-state index contributed by atoms with van der Waals surface area (Å²) in [4.78, 5) is 10.7. The number of benzene rings is 8. The van der Waals surface area contributed by atoms with Gasteiger partial charge >= 0.3 is 0 Å². The van der Waals surface area contributed by atoms with E-state index in [1.165, 1.54) is 11.1 Å². The van der Waals surface area contributed by atoms with E-state index in [1.807, 2.05) is 6.20 Å². The van der Waals surface area contributed by atoms with Crippen LogP contribution in [0.4, 0.5) is 0 Å². The lowest BCUT2D eigenvalue weighted by Crippen LogP contribution is -2.14. The van der Waals surface area contributed by atoms with Crippen LogP contribution in [0.2, 0.25) is 0 Å². The van der Waals surface area contributed by atoms with E-state index in [0.717, 1.165) is 94.7 Å². The number of fused-ring (bicyclic) bond motifs is 1. The van der Waals surface area contributed by atoms with Gasteiger partial charge in [0.15, 0.2) is 0 Å². The number of pyridine rings is 1. The Kier molecular flexibility index (Phi) is 12.0. The Labute approximate surface area is 407 Å². The van der Waals surface area contributed by atoms with Crippen molar-refractivity contribution in [3.63, 3.8) is 0 Å². The molecule has 1 N–H and O–H groups in total. The Bertz CT molecular complexity index is 3470. The predicted octanol–water partition coefficient (Wildman–Crippen LogP) is 17.6. The molecule has 0 saturated heterocycles. The van der Waals surface area contributed by atoms with E-state index in [4.69, 9.17) is 9.97 Å². The zero-order valence-electron chi connectivity index (χ0n) is 40.9. The van der Waals surface area contributed by atoms with E-state index in [9.17, 15) is 5.11 Å². The first kappa shape index (κ1) is 45.0. The normalized spacial score (nSPS) is 11.8. The molecule has 69 heavy (non-hydrogen) atoms. The minimum Gasteiger partial charge on any atom is -0.507 e. The molecule has 0 fully saturated rings. The number of aromatic nitrogens is 3. The first-order chi connectivity index (χ1) is 33.3. The molecule has 0 spiro atoms. The molecule has 2 heterocycles. The van der Waals surface area contributed by atoms with Gasteiger partial charge in [-0.05, 0) is 140 Å². The van der Waals surface area contributed by atoms with Gasteiger partial charge in [-0.15, -0.1) is 0 Å². The number of phenols is 1. The van der Waals surface area contributed by atoms with Crippen molar-refractivity contribution >= 4 is 11.0 Å². The van der Waals surface area contributed by atoms with Crippen LogP contribution in [0.15, 0.2) is 194 Å². The molecule has 10 aromatic rings. The fourth-order valence-electron chi connectivity index (χ4n) is 9.72. The Hall–Kier alpha value is -7.82. The molecule has 0 aliphatic heterocycles. The topological polar surface area (TPSA) is 50.9 Å². The first-order valence-electron chi connectivity index (χ1n) is 24.2. The third-order valence-corrected chi connectivity index (χ3v) is 13.5. The molecule has 0 bridgehead atoms. The van der Waals surface area contributed by atoms with Gasteiger partial charge < -0.3 is 5.11 Å². The van der Waals surface area contributed by atoms with Crippen molar-refractivity contribution in [1.82, 2.24) is 14.5 Å².